The molecular formula is C63H76N12O12S. The van der Waals surface area contributed by atoms with Gasteiger partial charge in [0.1, 0.15) is 29.8 Å². The summed E-state index contributed by atoms with van der Waals surface area (Å²) in [6.07, 6.45) is 9.47. The number of para-hydroxylation sites is 1. The molecule has 14 rings (SSSR count). The van der Waals surface area contributed by atoms with Gasteiger partial charge in [-0.3, -0.25) is 24.7 Å². The summed E-state index contributed by atoms with van der Waals surface area (Å²) in [5.41, 5.74) is 4.57. The zero-order valence-electron chi connectivity index (χ0n) is 49.9. The van der Waals surface area contributed by atoms with Crippen molar-refractivity contribution in [2.45, 2.75) is 107 Å². The molecule has 466 valence electrons. The number of morpholine rings is 1. The Kier molecular flexibility index (Phi) is 15.9. The maximum Gasteiger partial charge on any atom is 0.300 e. The average molecular weight is 1230 g/mol. The first-order valence-corrected chi connectivity index (χ1v) is 32.5. The Morgan fingerprint density at radius 3 is 2.45 bits per heavy atom. The summed E-state index contributed by atoms with van der Waals surface area (Å²) >= 11 is 0. The molecule has 0 radical (unpaired) electrons. The second kappa shape index (κ2) is 24.1. The molecule has 1 aliphatic carbocycles. The number of fused-ring (bicyclic) bond motifs is 4. The van der Waals surface area contributed by atoms with Crippen LogP contribution in [0.25, 0.3) is 11.0 Å². The number of nitrogens with zero attached hydrogens (tertiary/aromatic N) is 9. The van der Waals surface area contributed by atoms with Gasteiger partial charge in [-0.05, 0) is 118 Å². The molecule has 88 heavy (non-hydrogen) atoms. The van der Waals surface area contributed by atoms with Crippen LogP contribution in [-0.4, -0.2) is 178 Å². The van der Waals surface area contributed by atoms with Crippen molar-refractivity contribution >= 4 is 61.2 Å². The van der Waals surface area contributed by atoms with Crippen LogP contribution in [0.15, 0.2) is 84.1 Å². The number of methoxy groups -OCH3 is 1. The molecule has 8 aliphatic rings. The minimum absolute atomic E-state index is 0.00555. The van der Waals surface area contributed by atoms with Crippen LogP contribution in [0, 0.1) is 21.4 Å². The van der Waals surface area contributed by atoms with E-state index in [1.54, 1.807) is 19.4 Å². The third-order valence-electron chi connectivity index (χ3n) is 19.3. The van der Waals surface area contributed by atoms with Crippen LogP contribution in [0.4, 0.5) is 34.3 Å². The van der Waals surface area contributed by atoms with E-state index in [2.05, 4.69) is 88.7 Å². The van der Waals surface area contributed by atoms with Crippen molar-refractivity contribution in [2.24, 2.45) is 11.3 Å². The van der Waals surface area contributed by atoms with Gasteiger partial charge in [0.05, 0.1) is 73.4 Å². The van der Waals surface area contributed by atoms with Crippen molar-refractivity contribution in [1.29, 1.82) is 0 Å². The summed E-state index contributed by atoms with van der Waals surface area (Å²) in [4.78, 5) is 56.1. The predicted molar refractivity (Wildman–Crippen MR) is 328 cm³/mol. The summed E-state index contributed by atoms with van der Waals surface area (Å²) in [5.74, 6) is 1.86. The Morgan fingerprint density at radius 2 is 1.66 bits per heavy atom. The van der Waals surface area contributed by atoms with Gasteiger partial charge in [0.15, 0.2) is 22.3 Å². The Labute approximate surface area is 511 Å². The van der Waals surface area contributed by atoms with E-state index in [1.807, 2.05) is 30.5 Å². The van der Waals surface area contributed by atoms with E-state index in [0.29, 0.717) is 68.4 Å². The molecule has 1 spiro atoms. The third-order valence-corrected chi connectivity index (χ3v) is 20.5. The normalized spacial score (nSPS) is 23.5. The molecule has 11 heterocycles. The Bertz CT molecular complexity index is 3690. The molecule has 4 aromatic heterocycles. The second-order valence-corrected chi connectivity index (χ2v) is 26.6. The van der Waals surface area contributed by atoms with Gasteiger partial charge < -0.3 is 58.2 Å². The maximum absolute atomic E-state index is 15.0. The zero-order valence-corrected chi connectivity index (χ0v) is 50.8. The number of piperidine rings is 1. The number of amides is 1. The number of nitro groups is 1. The fourth-order valence-corrected chi connectivity index (χ4v) is 15.6. The van der Waals surface area contributed by atoms with Crippen LogP contribution in [0.5, 0.6) is 23.3 Å². The number of nitrogens with one attached hydrogen (secondary N) is 3. The maximum atomic E-state index is 15.0. The number of piperazine rings is 1. The van der Waals surface area contributed by atoms with E-state index in [1.165, 1.54) is 5.56 Å². The van der Waals surface area contributed by atoms with Crippen molar-refractivity contribution in [3.63, 3.8) is 0 Å². The smallest absolute Gasteiger partial charge is 0.300 e. The van der Waals surface area contributed by atoms with E-state index in [4.69, 9.17) is 43.1 Å². The molecule has 1 saturated carbocycles. The van der Waals surface area contributed by atoms with Crippen LogP contribution in [0.1, 0.15) is 86.3 Å². The van der Waals surface area contributed by atoms with E-state index in [9.17, 15) is 23.3 Å². The van der Waals surface area contributed by atoms with Crippen molar-refractivity contribution in [3.05, 3.63) is 106 Å². The molecule has 24 nitrogen and oxygen atoms in total. The van der Waals surface area contributed by atoms with Gasteiger partial charge in [-0.1, -0.05) is 18.2 Å². The van der Waals surface area contributed by atoms with E-state index in [-0.39, 0.29) is 65.9 Å². The van der Waals surface area contributed by atoms with Gasteiger partial charge in [-0.2, -0.15) is 18.4 Å². The van der Waals surface area contributed by atoms with Gasteiger partial charge in [0.25, 0.3) is 15.9 Å². The minimum atomic E-state index is -4.84. The molecular weight excluding hydrogens is 1150 g/mol. The van der Waals surface area contributed by atoms with Crippen molar-refractivity contribution in [2.75, 3.05) is 119 Å². The van der Waals surface area contributed by atoms with Gasteiger partial charge in [-0.15, -0.1) is 0 Å². The number of H-pyrrole nitrogens is 1. The number of aromatic nitrogens is 4. The quantitative estimate of drug-likeness (QED) is 0.0660. The summed E-state index contributed by atoms with van der Waals surface area (Å²) in [5, 5.41) is 15.9. The summed E-state index contributed by atoms with van der Waals surface area (Å²) in [7, 11) is -3.12. The minimum Gasteiger partial charge on any atom is -0.493 e. The first kappa shape index (κ1) is 58.2. The largest absolute Gasteiger partial charge is 0.493 e. The number of aromatic amines is 1. The van der Waals surface area contributed by atoms with Crippen LogP contribution >= 0.6 is 0 Å². The standard InChI is InChI=1S/C63H76N12O12S/c1-39(2)86-53-7-5-4-6-45(53)52-36-70(35-40-28-54(81-3)59(65-34-40)72-21-26-83-27-22-72)19-20-73(52)44-32-63(33-44)14-17-71(18-15-63)43-8-9-46(49(30-43)74-48-13-25-84-38-55(48)87-61-51(74)29-42-10-16-64-58(42)68-61)60(76)69-88(79,80)56-31-50(75(77)78)57-62(67-56)85-37-47(66-57)41-11-23-82-24-12-41/h4-10,16,28-31,34,39,41,44,47-48,52,55,66H,11-15,17-27,32-33,35-38H2,1-3H3,(H,64,68)(H,69,76)/t47-,48+,52-,55+/m1/s1. The molecule has 25 heteroatoms. The number of ether oxygens (including phenoxy) is 7. The summed E-state index contributed by atoms with van der Waals surface area (Å²) in [6.45, 7) is 14.0. The lowest BCUT2D eigenvalue weighted by Crippen LogP contribution is -2.59. The Hall–Kier alpha value is -7.55. The van der Waals surface area contributed by atoms with Crippen LogP contribution < -0.4 is 43.7 Å². The second-order valence-electron chi connectivity index (χ2n) is 25.0. The highest BCUT2D eigenvalue weighted by Crippen LogP contribution is 2.54. The number of carbonyl (C=O) groups excluding carboxylic acids is 1. The molecule has 0 unspecified atom stereocenters. The first-order chi connectivity index (χ1) is 42.8. The van der Waals surface area contributed by atoms with Crippen molar-refractivity contribution in [3.8, 4) is 23.3 Å². The lowest BCUT2D eigenvalue weighted by molar-refractivity contribution is -0.384. The van der Waals surface area contributed by atoms with E-state index < -0.39 is 37.7 Å². The van der Waals surface area contributed by atoms with Crippen molar-refractivity contribution < 1.29 is 51.3 Å². The molecule has 7 aliphatic heterocycles. The third kappa shape index (κ3) is 11.4. The molecule has 2 aromatic carbocycles. The van der Waals surface area contributed by atoms with Gasteiger partial charge >= 0.3 is 5.69 Å². The Balaban J connectivity index is 0.721. The zero-order chi connectivity index (χ0) is 60.3. The molecule has 6 aromatic rings. The number of hydrogen-bond acceptors (Lipinski definition) is 21. The number of sulfonamides is 1. The molecule has 4 atom stereocenters. The number of benzene rings is 2. The lowest BCUT2D eigenvalue weighted by Gasteiger charge is -2.58. The van der Waals surface area contributed by atoms with E-state index >= 15 is 0 Å². The monoisotopic (exact) mass is 1220 g/mol. The van der Waals surface area contributed by atoms with E-state index in [0.717, 1.165) is 131 Å². The SMILES string of the molecule is COc1cc(CN2CCN(C3CC4(CCN(c5ccc(C(=O)NS(=O)(=O)c6cc([N+](=O)[O-])c7c(n6)OC[C@H](C6CCOCC6)N7)c(N6c7cc8cc[nH]c8nc7O[C@H]7COCC[C@@H]76)c5)CC4)C3)[C@@H](c3ccccc3OC(C)C)C2)cnc1N1CCOCC1. The molecule has 5 saturated heterocycles. The highest BCUT2D eigenvalue weighted by Gasteiger charge is 2.51. The number of rotatable bonds is 15. The number of pyridine rings is 3. The number of anilines is 5. The highest BCUT2D eigenvalue weighted by atomic mass is 32.2. The molecule has 3 N–H and O–H groups in total. The van der Waals surface area contributed by atoms with Gasteiger partial charge in [0, 0.05) is 107 Å². The first-order valence-electron chi connectivity index (χ1n) is 31.0. The van der Waals surface area contributed by atoms with Gasteiger partial charge in [0.2, 0.25) is 11.8 Å². The lowest BCUT2D eigenvalue weighted by atomic mass is 9.59. The molecule has 6 fully saturated rings. The van der Waals surface area contributed by atoms with Crippen LogP contribution in [0.2, 0.25) is 0 Å². The Morgan fingerprint density at radius 1 is 0.864 bits per heavy atom. The predicted octanol–water partition coefficient (Wildman–Crippen LogP) is 7.61. The summed E-state index contributed by atoms with van der Waals surface area (Å²) < 4.78 is 73.2. The molecule has 1 amide bonds. The van der Waals surface area contributed by atoms with Crippen molar-refractivity contribution in [1.82, 2.24) is 34.5 Å². The topological polar surface area (TPSA) is 254 Å². The average Bonchev–Trinajstić information content (AvgIpc) is 1.11. The molecule has 0 bridgehead atoms. The highest BCUT2D eigenvalue weighted by molar-refractivity contribution is 7.90. The van der Waals surface area contributed by atoms with Crippen LogP contribution in [-0.2, 0) is 30.8 Å². The number of hydrogen-bond donors (Lipinski definition) is 3. The fourth-order valence-electron chi connectivity index (χ4n) is 14.7. The number of carbonyl (C=O) groups is 1. The summed E-state index contributed by atoms with van der Waals surface area (Å²) in [6, 6.07) is 20.9. The fraction of sp³-hybridized carbons (Fsp3) is 0.524. The van der Waals surface area contributed by atoms with Gasteiger partial charge in [-0.25, -0.2) is 9.71 Å². The van der Waals surface area contributed by atoms with Crippen LogP contribution in [0.3, 0.4) is 0 Å².